The normalized spacial score (nSPS) is 27.3. The highest BCUT2D eigenvalue weighted by Crippen LogP contribution is 2.54. The molecule has 0 spiro atoms. The topological polar surface area (TPSA) is 44.8 Å². The number of ether oxygens (including phenoxy) is 3. The number of hydrogen-bond acceptors (Lipinski definition) is 4. The second-order valence-corrected chi connectivity index (χ2v) is 7.32. The second-order valence-electron chi connectivity index (χ2n) is 7.32. The summed E-state index contributed by atoms with van der Waals surface area (Å²) in [5, 5.41) is 0. The zero-order valence-electron chi connectivity index (χ0n) is 15.1. The average Bonchev–Trinajstić information content (AvgIpc) is 2.61. The fourth-order valence-corrected chi connectivity index (χ4v) is 4.57. The number of methoxy groups -OCH3 is 1. The molecule has 0 aromatic heterocycles. The predicted octanol–water partition coefficient (Wildman–Crippen LogP) is 4.29. The van der Waals surface area contributed by atoms with Crippen LogP contribution in [-0.4, -0.2) is 25.8 Å². The van der Waals surface area contributed by atoms with Gasteiger partial charge in [-0.15, -0.1) is 0 Å². The number of rotatable bonds is 2. The summed E-state index contributed by atoms with van der Waals surface area (Å²) >= 11 is 0. The van der Waals surface area contributed by atoms with E-state index in [1.165, 1.54) is 29.2 Å². The zero-order valence-corrected chi connectivity index (χ0v) is 15.1. The summed E-state index contributed by atoms with van der Waals surface area (Å²) in [5.74, 6) is 1.52. The van der Waals surface area contributed by atoms with E-state index in [0.29, 0.717) is 6.61 Å². The third kappa shape index (κ3) is 2.55. The molecular weight excluding hydrogens is 316 g/mol. The van der Waals surface area contributed by atoms with Gasteiger partial charge in [0.15, 0.2) is 0 Å². The Hall–Kier alpha value is -2.23. The van der Waals surface area contributed by atoms with Crippen molar-refractivity contribution in [2.75, 3.05) is 13.7 Å². The molecule has 0 bridgehead atoms. The second kappa shape index (κ2) is 5.94. The Labute approximate surface area is 148 Å². The average molecular weight is 340 g/mol. The molecule has 0 saturated heterocycles. The minimum absolute atomic E-state index is 0.0451. The van der Waals surface area contributed by atoms with E-state index >= 15 is 0 Å². The van der Waals surface area contributed by atoms with Gasteiger partial charge in [-0.1, -0.05) is 13.0 Å². The highest BCUT2D eigenvalue weighted by Gasteiger charge is 2.46. The van der Waals surface area contributed by atoms with Gasteiger partial charge in [0.05, 0.1) is 7.11 Å². The predicted molar refractivity (Wildman–Crippen MR) is 95.6 cm³/mol. The number of carbonyl (C=O) groups excluding carboxylic acids is 1. The van der Waals surface area contributed by atoms with Crippen molar-refractivity contribution < 1.29 is 19.0 Å². The van der Waals surface area contributed by atoms with Crippen molar-refractivity contribution in [1.82, 2.24) is 0 Å². The molecule has 4 rings (SSSR count). The van der Waals surface area contributed by atoms with E-state index < -0.39 is 0 Å². The van der Waals surface area contributed by atoms with Gasteiger partial charge in [0.1, 0.15) is 24.2 Å². The van der Waals surface area contributed by atoms with Crippen molar-refractivity contribution in [2.45, 2.75) is 45.6 Å². The molecule has 2 atom stereocenters. The quantitative estimate of drug-likeness (QED) is 0.753. The SMILES string of the molecule is COc1ccc2c(c1)OCC1=C2CC[C@]2(C)C1=CCC[C@H]2OC(C)=O. The van der Waals surface area contributed by atoms with Crippen LogP contribution in [0.15, 0.2) is 35.4 Å². The molecule has 1 aromatic rings. The molecule has 0 saturated carbocycles. The van der Waals surface area contributed by atoms with Crippen molar-refractivity contribution in [3.05, 3.63) is 41.0 Å². The van der Waals surface area contributed by atoms with Gasteiger partial charge in [-0.25, -0.2) is 0 Å². The maximum Gasteiger partial charge on any atom is 0.302 e. The first-order chi connectivity index (χ1) is 12.0. The number of allylic oxidation sites excluding steroid dienone is 2. The van der Waals surface area contributed by atoms with Crippen LogP contribution >= 0.6 is 0 Å². The number of benzene rings is 1. The van der Waals surface area contributed by atoms with E-state index in [9.17, 15) is 4.79 Å². The van der Waals surface area contributed by atoms with E-state index in [-0.39, 0.29) is 17.5 Å². The summed E-state index contributed by atoms with van der Waals surface area (Å²) in [6, 6.07) is 6.05. The lowest BCUT2D eigenvalue weighted by Crippen LogP contribution is -2.43. The summed E-state index contributed by atoms with van der Waals surface area (Å²) in [5.41, 5.74) is 5.02. The van der Waals surface area contributed by atoms with E-state index in [1.807, 2.05) is 12.1 Å². The molecule has 3 aliphatic rings. The largest absolute Gasteiger partial charge is 0.497 e. The molecule has 1 aromatic carbocycles. The molecule has 132 valence electrons. The maximum absolute atomic E-state index is 11.5. The molecule has 1 heterocycles. The highest BCUT2D eigenvalue weighted by molar-refractivity contribution is 5.80. The monoisotopic (exact) mass is 340 g/mol. The van der Waals surface area contributed by atoms with Gasteiger partial charge in [0, 0.05) is 24.0 Å². The minimum Gasteiger partial charge on any atom is -0.497 e. The molecule has 0 unspecified atom stereocenters. The van der Waals surface area contributed by atoms with Crippen LogP contribution in [0.5, 0.6) is 11.5 Å². The number of hydrogen-bond donors (Lipinski definition) is 0. The third-order valence-electron chi connectivity index (χ3n) is 5.88. The third-order valence-corrected chi connectivity index (χ3v) is 5.88. The lowest BCUT2D eigenvalue weighted by molar-refractivity contribution is -0.152. The van der Waals surface area contributed by atoms with Gasteiger partial charge in [-0.3, -0.25) is 4.79 Å². The van der Waals surface area contributed by atoms with Gasteiger partial charge in [0.2, 0.25) is 0 Å². The Kier molecular flexibility index (Phi) is 3.86. The van der Waals surface area contributed by atoms with Crippen LogP contribution in [0.2, 0.25) is 0 Å². The Bertz CT molecular complexity index is 789. The molecule has 4 heteroatoms. The van der Waals surface area contributed by atoms with Crippen LogP contribution in [0.1, 0.15) is 45.1 Å². The highest BCUT2D eigenvalue weighted by atomic mass is 16.5. The van der Waals surface area contributed by atoms with Crippen LogP contribution in [0, 0.1) is 5.41 Å². The van der Waals surface area contributed by atoms with Gasteiger partial charge in [-0.2, -0.15) is 0 Å². The zero-order chi connectivity index (χ0) is 17.6. The van der Waals surface area contributed by atoms with Crippen molar-refractivity contribution in [3.8, 4) is 11.5 Å². The van der Waals surface area contributed by atoms with Crippen LogP contribution in [0.4, 0.5) is 0 Å². The number of esters is 1. The van der Waals surface area contributed by atoms with Crippen molar-refractivity contribution >= 4 is 11.5 Å². The lowest BCUT2D eigenvalue weighted by atomic mass is 9.61. The summed E-state index contributed by atoms with van der Waals surface area (Å²) in [6.45, 7) is 4.31. The molecular formula is C21H24O4. The van der Waals surface area contributed by atoms with E-state index in [2.05, 4.69) is 19.1 Å². The maximum atomic E-state index is 11.5. The van der Waals surface area contributed by atoms with Crippen molar-refractivity contribution in [1.29, 1.82) is 0 Å². The van der Waals surface area contributed by atoms with Crippen LogP contribution < -0.4 is 9.47 Å². The first kappa shape index (κ1) is 16.2. The fourth-order valence-electron chi connectivity index (χ4n) is 4.57. The molecule has 0 N–H and O–H groups in total. The Morgan fingerprint density at radius 2 is 2.16 bits per heavy atom. The smallest absolute Gasteiger partial charge is 0.302 e. The molecule has 2 aliphatic carbocycles. The van der Waals surface area contributed by atoms with Gasteiger partial charge in [-0.05, 0) is 54.5 Å². The van der Waals surface area contributed by atoms with Crippen molar-refractivity contribution in [2.24, 2.45) is 5.41 Å². The Balaban J connectivity index is 1.76. The molecule has 0 radical (unpaired) electrons. The minimum atomic E-state index is -0.190. The van der Waals surface area contributed by atoms with E-state index in [4.69, 9.17) is 14.2 Å². The summed E-state index contributed by atoms with van der Waals surface area (Å²) in [6.07, 6.45) is 6.08. The molecule has 4 nitrogen and oxygen atoms in total. The fraction of sp³-hybridized carbons (Fsp3) is 0.476. The summed E-state index contributed by atoms with van der Waals surface area (Å²) in [4.78, 5) is 11.5. The molecule has 1 aliphatic heterocycles. The van der Waals surface area contributed by atoms with Gasteiger partial charge >= 0.3 is 5.97 Å². The molecule has 0 fully saturated rings. The van der Waals surface area contributed by atoms with Crippen LogP contribution in [0.25, 0.3) is 5.57 Å². The lowest BCUT2D eigenvalue weighted by Gasteiger charge is -2.47. The van der Waals surface area contributed by atoms with Crippen molar-refractivity contribution in [3.63, 3.8) is 0 Å². The van der Waals surface area contributed by atoms with E-state index in [0.717, 1.165) is 37.2 Å². The van der Waals surface area contributed by atoms with E-state index in [1.54, 1.807) is 7.11 Å². The summed E-state index contributed by atoms with van der Waals surface area (Å²) in [7, 11) is 1.67. The first-order valence-electron chi connectivity index (χ1n) is 8.94. The first-order valence-corrected chi connectivity index (χ1v) is 8.94. The Morgan fingerprint density at radius 3 is 2.92 bits per heavy atom. The molecule has 25 heavy (non-hydrogen) atoms. The number of fused-ring (bicyclic) bond motifs is 4. The van der Waals surface area contributed by atoms with Gasteiger partial charge < -0.3 is 14.2 Å². The van der Waals surface area contributed by atoms with Gasteiger partial charge in [0.25, 0.3) is 0 Å². The standard InChI is InChI=1S/C21H24O4/c1-13(22)25-20-6-4-5-18-17-12-24-19-11-14(23-3)7-8-16(19)15(17)9-10-21(18,20)2/h5,7-8,11,20H,4,6,9-10,12H2,1-3H3/t20-,21-/m1/s1. The van der Waals surface area contributed by atoms with Crippen LogP contribution in [-0.2, 0) is 9.53 Å². The summed E-state index contributed by atoms with van der Waals surface area (Å²) < 4.78 is 17.1. The Morgan fingerprint density at radius 1 is 1.32 bits per heavy atom. The molecule has 0 amide bonds. The van der Waals surface area contributed by atoms with Crippen LogP contribution in [0.3, 0.4) is 0 Å². The number of carbonyl (C=O) groups is 1.